The summed E-state index contributed by atoms with van der Waals surface area (Å²) in [4.78, 5) is 34.7. The third-order valence-corrected chi connectivity index (χ3v) is 19.7. The van der Waals surface area contributed by atoms with Crippen molar-refractivity contribution in [1.82, 2.24) is 0 Å². The summed E-state index contributed by atoms with van der Waals surface area (Å²) in [6.45, 7) is 31.9. The molecule has 8 aromatic carbocycles. The maximum Gasteiger partial charge on any atom is 0.522 e. The van der Waals surface area contributed by atoms with Crippen LogP contribution in [0.5, 0.6) is 51.7 Å². The molecule has 132 heavy (non-hydrogen) atoms. The van der Waals surface area contributed by atoms with E-state index in [1.54, 1.807) is 51.5 Å². The van der Waals surface area contributed by atoms with Gasteiger partial charge in [-0.05, 0) is 175 Å². The Labute approximate surface area is 777 Å². The molecule has 29 heteroatoms. The number of aromatic hydroxyl groups is 1. The SMILES string of the molecule is C.C.C.C.C.C.C=COCc1cc(F)cc(COC=C)c1OCCOc1ccc(C(C)(C)CC)cc1.C=Cc1cc(COC)c(OCCOC(=O)c2ccc(C(C)CC)cc2)c(COC)c1.CCC(C)(F)c1ccc(OCCOc2c(COC(F)(F)F)cc(OC)cc2COC(F)(F)F)cc1.CCC(C)c1ccc(OCCOc2c(COC(C)=O)cc(O)cc2COC(C)=O)cc1. The molecule has 8 aromatic rings. The molecule has 0 fully saturated rings. The molecule has 0 amide bonds. The summed E-state index contributed by atoms with van der Waals surface area (Å²) in [6, 6.07) is 41.8. The molecule has 0 saturated carbocycles. The summed E-state index contributed by atoms with van der Waals surface area (Å²) in [5.41, 5.74) is 7.84. The van der Waals surface area contributed by atoms with E-state index in [9.17, 15) is 54.6 Å². The van der Waals surface area contributed by atoms with Gasteiger partial charge in [-0.1, -0.05) is 174 Å². The van der Waals surface area contributed by atoms with Gasteiger partial charge in [-0.3, -0.25) is 19.1 Å². The highest BCUT2D eigenvalue weighted by Gasteiger charge is 2.33. The molecule has 0 bridgehead atoms. The number of benzene rings is 8. The van der Waals surface area contributed by atoms with Crippen LogP contribution in [0.4, 0.5) is 35.1 Å². The molecule has 3 atom stereocenters. The van der Waals surface area contributed by atoms with E-state index in [1.165, 1.54) is 81.4 Å². The van der Waals surface area contributed by atoms with Crippen LogP contribution in [0.2, 0.25) is 0 Å². The molecule has 21 nitrogen and oxygen atoms in total. The van der Waals surface area contributed by atoms with Gasteiger partial charge in [0.05, 0.1) is 51.6 Å². The molecule has 0 heterocycles. The van der Waals surface area contributed by atoms with Crippen molar-refractivity contribution < 1.29 is 135 Å². The van der Waals surface area contributed by atoms with E-state index in [2.05, 4.69) is 102 Å². The Kier molecular flexibility index (Phi) is 58.2. The predicted molar refractivity (Wildman–Crippen MR) is 502 cm³/mol. The first-order valence-corrected chi connectivity index (χ1v) is 40.9. The number of carbonyl (C=O) groups is 3. The molecule has 0 spiro atoms. The standard InChI is InChI=1S/C25H31FO4.C25H32O5.C24H30O7.C23H25F7O5.6CH4/c1-6-25(4,5)21-9-11-23(12-10-21)29-13-14-30-24-19(17-27-7-2)15-22(26)16-20(24)18-28-8-3;1-6-18(3)20-8-10-21(11-9-20)25(26)30-13-12-29-24-22(16-27-4)14-19(7-2)15-23(24)17-28-5;1-5-16(2)19-6-8-23(9-7-19)28-10-11-29-24-20(14-30-17(3)25)12-22(27)13-21(24)15-31-18(4)26;1-4-21(2,24)17-5-7-18(8-6-17)32-9-10-33-20-15(13-34-22(25,26)27)11-19(31-3)12-16(20)14-35-23(28,29)30;;;;;;/h7-12,15-16H,2-3,6,13-14,17-18H2,1,4-5H3;7-11,14-15,18H,2,6,12-13,16-17H2,1,3-5H3;6-9,12-13,16,27H,5,10-11,14-15H2,1-4H3;5-8,11-12H,4,9-10,13-14H2,1-3H3;6*1H4. The summed E-state index contributed by atoms with van der Waals surface area (Å²) in [5, 5.41) is 9.99. The summed E-state index contributed by atoms with van der Waals surface area (Å²) in [6.07, 6.45) is -2.09. The number of hydrogen-bond acceptors (Lipinski definition) is 21. The molecule has 0 saturated heterocycles. The monoisotopic (exact) mass is 1870 g/mol. The number of carbonyl (C=O) groups excluding carboxylic acids is 3. The first kappa shape index (κ1) is 123. The number of phenols is 1. The van der Waals surface area contributed by atoms with E-state index in [0.717, 1.165) is 59.6 Å². The van der Waals surface area contributed by atoms with E-state index in [0.29, 0.717) is 88.0 Å². The second-order valence-electron chi connectivity index (χ2n) is 29.4. The Morgan fingerprint density at radius 3 is 1.06 bits per heavy atom. The fourth-order valence-electron chi connectivity index (χ4n) is 12.0. The van der Waals surface area contributed by atoms with Gasteiger partial charge in [0.15, 0.2) is 0 Å². The van der Waals surface area contributed by atoms with Crippen LogP contribution in [0, 0.1) is 5.82 Å². The van der Waals surface area contributed by atoms with Gasteiger partial charge in [0.2, 0.25) is 0 Å². The third kappa shape index (κ3) is 43.2. The first-order valence-electron chi connectivity index (χ1n) is 40.9. The number of alkyl halides is 7. The Morgan fingerprint density at radius 1 is 0.402 bits per heavy atom. The maximum atomic E-state index is 14.3. The van der Waals surface area contributed by atoms with Gasteiger partial charge in [-0.2, -0.15) is 0 Å². The van der Waals surface area contributed by atoms with Crippen molar-refractivity contribution in [3.05, 3.63) is 262 Å². The van der Waals surface area contributed by atoms with Gasteiger partial charge in [0.1, 0.15) is 143 Å². The lowest BCUT2D eigenvalue weighted by molar-refractivity contribution is -0.330. The zero-order chi connectivity index (χ0) is 93.0. The molecule has 736 valence electrons. The summed E-state index contributed by atoms with van der Waals surface area (Å²) in [7, 11) is 4.47. The van der Waals surface area contributed by atoms with Gasteiger partial charge in [-0.15, -0.1) is 26.3 Å². The molecular formula is C103H142F8O21. The normalized spacial score (nSPS) is 11.5. The van der Waals surface area contributed by atoms with E-state index in [4.69, 9.17) is 71.1 Å². The zero-order valence-corrected chi connectivity index (χ0v) is 74.1. The van der Waals surface area contributed by atoms with Crippen LogP contribution in [0.25, 0.3) is 6.08 Å². The van der Waals surface area contributed by atoms with E-state index in [-0.39, 0.29) is 169 Å². The van der Waals surface area contributed by atoms with Crippen LogP contribution >= 0.6 is 0 Å². The van der Waals surface area contributed by atoms with Crippen LogP contribution in [0.3, 0.4) is 0 Å². The largest absolute Gasteiger partial charge is 0.522 e. The van der Waals surface area contributed by atoms with Crippen molar-refractivity contribution in [3.8, 4) is 51.7 Å². The lowest BCUT2D eigenvalue weighted by Gasteiger charge is -2.23. The smallest absolute Gasteiger partial charge is 0.508 e. The molecule has 0 aliphatic heterocycles. The topological polar surface area (TPSA) is 228 Å². The summed E-state index contributed by atoms with van der Waals surface area (Å²) >= 11 is 0. The van der Waals surface area contributed by atoms with Gasteiger partial charge in [0, 0.05) is 72.6 Å². The number of hydrogen-bond donors (Lipinski definition) is 1. The van der Waals surface area contributed by atoms with Crippen molar-refractivity contribution in [2.75, 3.05) is 74.2 Å². The van der Waals surface area contributed by atoms with Crippen molar-refractivity contribution in [2.24, 2.45) is 0 Å². The highest BCUT2D eigenvalue weighted by molar-refractivity contribution is 5.89. The average molecular weight is 1870 g/mol. The number of esters is 3. The molecule has 8 rings (SSSR count). The number of rotatable bonds is 48. The van der Waals surface area contributed by atoms with Crippen LogP contribution < -0.4 is 37.9 Å². The van der Waals surface area contributed by atoms with Gasteiger partial charge < -0.3 is 76.2 Å². The number of phenolic OH excluding ortho intramolecular Hbond substituents is 1. The Balaban J connectivity index is 0. The van der Waals surface area contributed by atoms with Crippen molar-refractivity contribution in [2.45, 2.75) is 235 Å². The van der Waals surface area contributed by atoms with E-state index in [1.807, 2.05) is 60.7 Å². The second-order valence-corrected chi connectivity index (χ2v) is 29.4. The average Bonchev–Trinajstić information content (AvgIpc) is 0.820. The highest BCUT2D eigenvalue weighted by Crippen LogP contribution is 2.38. The Bertz CT molecular complexity index is 4510. The molecule has 3 unspecified atom stereocenters. The zero-order valence-electron chi connectivity index (χ0n) is 74.1. The minimum Gasteiger partial charge on any atom is -0.508 e. The first-order chi connectivity index (χ1) is 60.0. The lowest BCUT2D eigenvalue weighted by Crippen LogP contribution is -2.17. The minimum absolute atomic E-state index is 0. The van der Waals surface area contributed by atoms with Crippen molar-refractivity contribution in [1.29, 1.82) is 0 Å². The van der Waals surface area contributed by atoms with E-state index < -0.39 is 43.5 Å². The quantitative estimate of drug-likeness (QED) is 0.0123. The maximum absolute atomic E-state index is 14.3. The van der Waals surface area contributed by atoms with Crippen LogP contribution in [0.15, 0.2) is 178 Å². The molecule has 0 aliphatic carbocycles. The highest BCUT2D eigenvalue weighted by atomic mass is 19.4. The lowest BCUT2D eigenvalue weighted by atomic mass is 9.82. The summed E-state index contributed by atoms with van der Waals surface area (Å²) < 4.78 is 193. The number of ether oxygens (including phenoxy) is 17. The fourth-order valence-corrected chi connectivity index (χ4v) is 12.0. The molecule has 1 N–H and O–H groups in total. The molecule has 0 aromatic heterocycles. The fraction of sp³-hybridized carbons (Fsp3) is 0.447. The van der Waals surface area contributed by atoms with E-state index >= 15 is 0 Å². The Morgan fingerprint density at radius 2 is 0.735 bits per heavy atom. The van der Waals surface area contributed by atoms with Crippen LogP contribution in [-0.4, -0.2) is 110 Å². The van der Waals surface area contributed by atoms with Gasteiger partial charge in [0.25, 0.3) is 0 Å². The predicted octanol–water partition coefficient (Wildman–Crippen LogP) is 26.8. The molecular weight excluding hydrogens is 1730 g/mol. The number of methoxy groups -OCH3 is 3. The van der Waals surface area contributed by atoms with Crippen LogP contribution in [0.1, 0.15) is 241 Å². The van der Waals surface area contributed by atoms with Gasteiger partial charge >= 0.3 is 30.6 Å². The summed E-state index contributed by atoms with van der Waals surface area (Å²) in [5.74, 6) is 2.45. The third-order valence-electron chi connectivity index (χ3n) is 19.7. The Hall–Kier alpha value is -11.5. The second kappa shape index (κ2) is 62.7. The van der Waals surface area contributed by atoms with Crippen molar-refractivity contribution in [3.63, 3.8) is 0 Å². The van der Waals surface area contributed by atoms with Crippen LogP contribution in [-0.2, 0) is 116 Å². The van der Waals surface area contributed by atoms with Crippen molar-refractivity contribution >= 4 is 24.0 Å². The molecule has 0 aliphatic rings. The number of halogens is 8. The van der Waals surface area contributed by atoms with Gasteiger partial charge in [-0.25, -0.2) is 13.6 Å². The minimum atomic E-state index is -4.98. The molecule has 0 radical (unpaired) electrons.